The van der Waals surface area contributed by atoms with Gasteiger partial charge in [-0.2, -0.15) is 0 Å². The van der Waals surface area contributed by atoms with Crippen LogP contribution in [-0.4, -0.2) is 46.1 Å². The van der Waals surface area contributed by atoms with Crippen LogP contribution in [0.15, 0.2) is 24.3 Å². The van der Waals surface area contributed by atoms with Crippen molar-refractivity contribution in [1.82, 2.24) is 9.80 Å². The molecule has 0 spiro atoms. The highest BCUT2D eigenvalue weighted by molar-refractivity contribution is 5.09. The maximum Gasteiger partial charge on any atom is 0.0158 e. The van der Waals surface area contributed by atoms with Crippen molar-refractivity contribution in [3.63, 3.8) is 0 Å². The Balaban J connectivity index is 1.11. The van der Waals surface area contributed by atoms with E-state index in [1.165, 1.54) is 244 Å². The Kier molecular flexibility index (Phi) is 23.5. The highest BCUT2D eigenvalue weighted by atomic mass is 15.3. The number of fused-ring (bicyclic) bond motifs is 1. The summed E-state index contributed by atoms with van der Waals surface area (Å²) in [7, 11) is 0. The number of hydrogen-bond acceptors (Lipinski definition) is 2. The molecule has 0 aromatic rings. The molecule has 0 saturated heterocycles. The molecule has 0 bridgehead atoms. The van der Waals surface area contributed by atoms with Crippen molar-refractivity contribution in [2.45, 2.75) is 336 Å². The molecule has 8 rings (SSSR count). The largest absolute Gasteiger partial charge is 0.294 e. The molecule has 8 saturated carbocycles. The maximum atomic E-state index is 3.57. The van der Waals surface area contributed by atoms with Gasteiger partial charge < -0.3 is 0 Å². The van der Waals surface area contributed by atoms with Gasteiger partial charge in [-0.3, -0.25) is 9.80 Å². The van der Waals surface area contributed by atoms with E-state index in [9.17, 15) is 0 Å². The smallest absolute Gasteiger partial charge is 0.0158 e. The number of allylic oxidation sites excluding steroid dienone is 4. The standard InChI is InChI=1S/C70H124N2/c1-9-13-19-59-47-53(7)48-60(20-14-10-2)69(59)71(63-41-37-57(38-42-63)35-33-55-29-25-51(5)26-30-55)67-45-46-68(66-24-18-17-23-65(66)67)72(70-61(21-15-11-3)49-54(8)50-62(70)22-16-12-4)64-43-39-58(40-44-64)36-34-56-31-27-52(6)28-32-56/h33-36,51-70H,9-32,37-50H2,1-8H3/b35-33+,36-34+. The Labute approximate surface area is 450 Å². The molecular weight excluding hydrogens is 869 g/mol. The van der Waals surface area contributed by atoms with Crippen LogP contribution in [0.4, 0.5) is 0 Å². The molecule has 8 aliphatic carbocycles. The average Bonchev–Trinajstić information content (AvgIpc) is 3.40. The van der Waals surface area contributed by atoms with Crippen molar-refractivity contribution in [3.05, 3.63) is 24.3 Å². The van der Waals surface area contributed by atoms with Gasteiger partial charge in [0.1, 0.15) is 0 Å². The molecule has 0 heterocycles. The second kappa shape index (κ2) is 29.4. The first-order chi connectivity index (χ1) is 35.2. The quantitative estimate of drug-likeness (QED) is 0.0998. The maximum absolute atomic E-state index is 3.57. The Bertz CT molecular complexity index is 1380. The van der Waals surface area contributed by atoms with Crippen LogP contribution in [-0.2, 0) is 0 Å². The first-order valence-electron chi connectivity index (χ1n) is 34.1. The van der Waals surface area contributed by atoms with Gasteiger partial charge in [0.05, 0.1) is 0 Å². The van der Waals surface area contributed by atoms with E-state index in [0.717, 1.165) is 119 Å². The van der Waals surface area contributed by atoms with Crippen molar-refractivity contribution in [3.8, 4) is 0 Å². The highest BCUT2D eigenvalue weighted by Gasteiger charge is 2.54. The Morgan fingerprint density at radius 3 is 0.875 bits per heavy atom. The lowest BCUT2D eigenvalue weighted by atomic mass is 9.61. The molecule has 2 nitrogen and oxygen atoms in total. The Hall–Kier alpha value is -0.600. The monoisotopic (exact) mass is 993 g/mol. The summed E-state index contributed by atoms with van der Waals surface area (Å²) in [5.41, 5.74) is 0. The summed E-state index contributed by atoms with van der Waals surface area (Å²) < 4.78 is 0. The van der Waals surface area contributed by atoms with Gasteiger partial charge in [0.25, 0.3) is 0 Å². The van der Waals surface area contributed by atoms with E-state index < -0.39 is 0 Å². The summed E-state index contributed by atoms with van der Waals surface area (Å²) in [6.07, 6.45) is 66.8. The summed E-state index contributed by atoms with van der Waals surface area (Å²) in [6.45, 7) is 20.3. The van der Waals surface area contributed by atoms with E-state index in [-0.39, 0.29) is 0 Å². The molecule has 72 heavy (non-hydrogen) atoms. The fourth-order valence-electron chi connectivity index (χ4n) is 19.5. The van der Waals surface area contributed by atoms with Crippen molar-refractivity contribution in [1.29, 1.82) is 0 Å². The SMILES string of the molecule is CCCCC1CC(C)CC(CCCC)C1N(C1CCC(/C=C/C2CCC(C)CC2)CC1)C1CCC(N(C2CCC(/C=C/C3CCC(C)CC3)CC2)C2C(CCCC)CC(C)CC2CCCC)C2CCCCC21. The third-order valence-corrected chi connectivity index (χ3v) is 23.3. The molecule has 0 aliphatic heterocycles. The van der Waals surface area contributed by atoms with Gasteiger partial charge in [0.15, 0.2) is 0 Å². The van der Waals surface area contributed by atoms with Crippen LogP contribution in [0.3, 0.4) is 0 Å². The topological polar surface area (TPSA) is 6.48 Å². The zero-order valence-corrected chi connectivity index (χ0v) is 49.6. The summed E-state index contributed by atoms with van der Waals surface area (Å²) >= 11 is 0. The molecule has 0 N–H and O–H groups in total. The van der Waals surface area contributed by atoms with Gasteiger partial charge in [-0.25, -0.2) is 0 Å². The third kappa shape index (κ3) is 15.4. The molecule has 8 unspecified atom stereocenters. The van der Waals surface area contributed by atoms with Crippen molar-refractivity contribution >= 4 is 0 Å². The van der Waals surface area contributed by atoms with Crippen LogP contribution in [0.1, 0.15) is 299 Å². The van der Waals surface area contributed by atoms with Crippen LogP contribution in [0, 0.1) is 82.9 Å². The Morgan fingerprint density at radius 1 is 0.319 bits per heavy atom. The first-order valence-corrected chi connectivity index (χ1v) is 34.1. The summed E-state index contributed by atoms with van der Waals surface area (Å²) in [5, 5.41) is 0. The third-order valence-electron chi connectivity index (χ3n) is 23.3. The number of nitrogens with zero attached hydrogens (tertiary/aromatic N) is 2. The lowest BCUT2D eigenvalue weighted by Crippen LogP contribution is -2.66. The van der Waals surface area contributed by atoms with Gasteiger partial charge in [-0.1, -0.05) is 170 Å². The van der Waals surface area contributed by atoms with Crippen molar-refractivity contribution < 1.29 is 0 Å². The molecule has 8 aliphatic rings. The van der Waals surface area contributed by atoms with E-state index in [2.05, 4.69) is 89.5 Å². The number of hydrogen-bond donors (Lipinski definition) is 0. The zero-order chi connectivity index (χ0) is 50.4. The van der Waals surface area contributed by atoms with Crippen LogP contribution in [0.2, 0.25) is 0 Å². The van der Waals surface area contributed by atoms with Crippen molar-refractivity contribution in [2.75, 3.05) is 0 Å². The molecule has 0 amide bonds. The molecule has 2 heteroatoms. The lowest BCUT2D eigenvalue weighted by Gasteiger charge is -2.61. The van der Waals surface area contributed by atoms with Gasteiger partial charge in [-0.15, -0.1) is 0 Å². The summed E-state index contributed by atoms with van der Waals surface area (Å²) in [5.74, 6) is 12.5. The summed E-state index contributed by atoms with van der Waals surface area (Å²) in [4.78, 5) is 7.14. The second-order valence-electron chi connectivity index (χ2n) is 28.9. The first kappa shape index (κ1) is 57.6. The predicted octanol–water partition coefficient (Wildman–Crippen LogP) is 20.6. The highest BCUT2D eigenvalue weighted by Crippen LogP contribution is 2.54. The minimum atomic E-state index is 0.814. The fourth-order valence-corrected chi connectivity index (χ4v) is 19.5. The minimum Gasteiger partial charge on any atom is -0.294 e. The molecule has 0 aromatic heterocycles. The predicted molar refractivity (Wildman–Crippen MR) is 314 cm³/mol. The van der Waals surface area contributed by atoms with Gasteiger partial charge >= 0.3 is 0 Å². The zero-order valence-electron chi connectivity index (χ0n) is 49.6. The molecular formula is C70H124N2. The summed E-state index contributed by atoms with van der Waals surface area (Å²) in [6, 6.07) is 4.94. The van der Waals surface area contributed by atoms with Gasteiger partial charge in [0, 0.05) is 36.3 Å². The molecule has 0 aromatic carbocycles. The Morgan fingerprint density at radius 2 is 0.597 bits per heavy atom. The fraction of sp³-hybridized carbons (Fsp3) is 0.943. The second-order valence-corrected chi connectivity index (χ2v) is 28.9. The number of rotatable bonds is 22. The normalized spacial score (nSPS) is 42.6. The van der Waals surface area contributed by atoms with Crippen LogP contribution >= 0.6 is 0 Å². The van der Waals surface area contributed by atoms with E-state index in [4.69, 9.17) is 0 Å². The molecule has 8 fully saturated rings. The van der Waals surface area contributed by atoms with Crippen LogP contribution in [0.25, 0.3) is 0 Å². The molecule has 8 atom stereocenters. The molecule has 0 radical (unpaired) electrons. The van der Waals surface area contributed by atoms with Crippen LogP contribution < -0.4 is 0 Å². The molecule has 414 valence electrons. The average molecular weight is 994 g/mol. The van der Waals surface area contributed by atoms with E-state index in [1.54, 1.807) is 0 Å². The van der Waals surface area contributed by atoms with E-state index in [0.29, 0.717) is 0 Å². The van der Waals surface area contributed by atoms with Gasteiger partial charge in [-0.05, 0) is 237 Å². The lowest BCUT2D eigenvalue weighted by molar-refractivity contribution is -0.121. The van der Waals surface area contributed by atoms with E-state index in [1.807, 2.05) is 0 Å². The van der Waals surface area contributed by atoms with E-state index >= 15 is 0 Å². The van der Waals surface area contributed by atoms with Crippen LogP contribution in [0.5, 0.6) is 0 Å². The number of unbranched alkanes of at least 4 members (excludes halogenated alkanes) is 4. The van der Waals surface area contributed by atoms with Crippen molar-refractivity contribution in [2.24, 2.45) is 82.9 Å². The minimum absolute atomic E-state index is 0.814. The van der Waals surface area contributed by atoms with Gasteiger partial charge in [0.2, 0.25) is 0 Å².